The Morgan fingerprint density at radius 3 is 1.58 bits per heavy atom. The molecule has 19 heavy (non-hydrogen) atoms. The minimum atomic E-state index is 0.803. The molecule has 0 rings (SSSR count). The Kier molecular flexibility index (Phi) is 15.9. The van der Waals surface area contributed by atoms with Crippen LogP contribution in [0.1, 0.15) is 84.5 Å². The molecule has 0 aliphatic rings. The van der Waals surface area contributed by atoms with Crippen molar-refractivity contribution in [1.29, 1.82) is 0 Å². The molecule has 0 fully saturated rings. The van der Waals surface area contributed by atoms with Gasteiger partial charge in [0.25, 0.3) is 0 Å². The summed E-state index contributed by atoms with van der Waals surface area (Å²) in [5.41, 5.74) is 5.64. The van der Waals surface area contributed by atoms with Crippen molar-refractivity contribution >= 4 is 0 Å². The zero-order chi connectivity index (χ0) is 14.2. The lowest BCUT2D eigenvalue weighted by Gasteiger charge is -2.20. The van der Waals surface area contributed by atoms with E-state index in [4.69, 9.17) is 5.73 Å². The Labute approximate surface area is 122 Å². The van der Waals surface area contributed by atoms with Crippen molar-refractivity contribution < 1.29 is 0 Å². The van der Waals surface area contributed by atoms with Crippen LogP contribution in [0.2, 0.25) is 0 Å². The van der Waals surface area contributed by atoms with Gasteiger partial charge in [0.05, 0.1) is 0 Å². The molecular weight excluding hydrogens is 232 g/mol. The fraction of sp³-hybridized carbons (Fsp3) is 1.00. The van der Waals surface area contributed by atoms with Crippen LogP contribution in [0.3, 0.4) is 0 Å². The van der Waals surface area contributed by atoms with E-state index in [9.17, 15) is 0 Å². The van der Waals surface area contributed by atoms with Gasteiger partial charge >= 0.3 is 0 Å². The zero-order valence-corrected chi connectivity index (χ0v) is 13.6. The van der Waals surface area contributed by atoms with Gasteiger partial charge in [-0.1, -0.05) is 71.6 Å². The van der Waals surface area contributed by atoms with E-state index in [1.807, 2.05) is 0 Å². The molecule has 0 aliphatic carbocycles. The fourth-order valence-corrected chi connectivity index (χ4v) is 2.66. The third-order valence-corrected chi connectivity index (χ3v) is 3.81. The molecule has 0 aliphatic heterocycles. The van der Waals surface area contributed by atoms with E-state index in [-0.39, 0.29) is 0 Å². The van der Waals surface area contributed by atoms with Crippen LogP contribution in [0.4, 0.5) is 0 Å². The number of rotatable bonds is 15. The van der Waals surface area contributed by atoms with Gasteiger partial charge in [-0.25, -0.2) is 0 Å². The summed E-state index contributed by atoms with van der Waals surface area (Å²) in [7, 11) is 0. The van der Waals surface area contributed by atoms with Gasteiger partial charge in [0.2, 0.25) is 0 Å². The van der Waals surface area contributed by atoms with E-state index in [2.05, 4.69) is 18.7 Å². The largest absolute Gasteiger partial charge is 0.329 e. The molecule has 0 atom stereocenters. The first kappa shape index (κ1) is 18.9. The molecule has 0 aromatic rings. The lowest BCUT2D eigenvalue weighted by atomic mass is 10.1. The van der Waals surface area contributed by atoms with Crippen LogP contribution in [-0.2, 0) is 0 Å². The zero-order valence-electron chi connectivity index (χ0n) is 13.6. The Hall–Kier alpha value is -0.0800. The van der Waals surface area contributed by atoms with Crippen LogP contribution in [-0.4, -0.2) is 31.1 Å². The van der Waals surface area contributed by atoms with Crippen molar-refractivity contribution in [3.63, 3.8) is 0 Å². The maximum absolute atomic E-state index is 5.64. The van der Waals surface area contributed by atoms with Crippen molar-refractivity contribution in [2.45, 2.75) is 84.5 Å². The highest BCUT2D eigenvalue weighted by Gasteiger charge is 2.01. The summed E-state index contributed by atoms with van der Waals surface area (Å²) in [6.45, 7) is 8.88. The third kappa shape index (κ3) is 14.1. The number of unbranched alkanes of at least 4 members (excludes halogenated alkanes) is 9. The topological polar surface area (TPSA) is 29.3 Å². The molecule has 2 heteroatoms. The van der Waals surface area contributed by atoms with Crippen molar-refractivity contribution in [3.8, 4) is 0 Å². The van der Waals surface area contributed by atoms with Crippen molar-refractivity contribution in [2.24, 2.45) is 5.73 Å². The van der Waals surface area contributed by atoms with Gasteiger partial charge in [0.1, 0.15) is 0 Å². The summed E-state index contributed by atoms with van der Waals surface area (Å²) in [6, 6.07) is 0. The van der Waals surface area contributed by atoms with Crippen LogP contribution < -0.4 is 5.73 Å². The minimum Gasteiger partial charge on any atom is -0.329 e. The van der Waals surface area contributed by atoms with Crippen molar-refractivity contribution in [1.82, 2.24) is 4.90 Å². The molecule has 0 heterocycles. The first-order valence-corrected chi connectivity index (χ1v) is 8.77. The normalized spacial score (nSPS) is 11.4. The second-order valence-corrected chi connectivity index (χ2v) is 5.81. The van der Waals surface area contributed by atoms with Crippen LogP contribution in [0.15, 0.2) is 0 Å². The number of hydrogen-bond donors (Lipinski definition) is 1. The Balaban J connectivity index is 3.20. The predicted octanol–water partition coefficient (Wildman–Crippen LogP) is 4.58. The standard InChI is InChI=1S/C17H38N2/c1-3-5-6-7-8-9-10-11-12-13-16-19(15-4-2)17-14-18/h3-18H2,1-2H3. The van der Waals surface area contributed by atoms with E-state index >= 15 is 0 Å². The van der Waals surface area contributed by atoms with Gasteiger partial charge in [-0.05, 0) is 25.9 Å². The highest BCUT2D eigenvalue weighted by molar-refractivity contribution is 4.58. The molecule has 0 unspecified atom stereocenters. The summed E-state index contributed by atoms with van der Waals surface area (Å²) < 4.78 is 0. The fourth-order valence-electron chi connectivity index (χ4n) is 2.66. The van der Waals surface area contributed by atoms with Gasteiger partial charge < -0.3 is 10.6 Å². The smallest absolute Gasteiger partial charge is 0.0105 e. The van der Waals surface area contributed by atoms with Gasteiger partial charge in [0.15, 0.2) is 0 Å². The molecule has 0 aromatic carbocycles. The van der Waals surface area contributed by atoms with Gasteiger partial charge in [-0.2, -0.15) is 0 Å². The molecule has 0 bridgehead atoms. The van der Waals surface area contributed by atoms with Crippen molar-refractivity contribution in [3.05, 3.63) is 0 Å². The summed E-state index contributed by atoms with van der Waals surface area (Å²) >= 11 is 0. The van der Waals surface area contributed by atoms with Crippen LogP contribution in [0.5, 0.6) is 0 Å². The van der Waals surface area contributed by atoms with E-state index in [0.29, 0.717) is 0 Å². The lowest BCUT2D eigenvalue weighted by Crippen LogP contribution is -2.31. The van der Waals surface area contributed by atoms with Gasteiger partial charge in [-0.3, -0.25) is 0 Å². The predicted molar refractivity (Wildman–Crippen MR) is 87.6 cm³/mol. The SMILES string of the molecule is CCCCCCCCCCCCN(CCC)CCN. The van der Waals surface area contributed by atoms with Crippen LogP contribution >= 0.6 is 0 Å². The molecule has 0 spiro atoms. The van der Waals surface area contributed by atoms with Crippen molar-refractivity contribution in [2.75, 3.05) is 26.2 Å². The van der Waals surface area contributed by atoms with Gasteiger partial charge in [0, 0.05) is 13.1 Å². The molecule has 2 nitrogen and oxygen atoms in total. The number of nitrogens with zero attached hydrogens (tertiary/aromatic N) is 1. The summed E-state index contributed by atoms with van der Waals surface area (Å²) in [4.78, 5) is 2.52. The Morgan fingerprint density at radius 1 is 0.579 bits per heavy atom. The second-order valence-electron chi connectivity index (χ2n) is 5.81. The monoisotopic (exact) mass is 270 g/mol. The van der Waals surface area contributed by atoms with E-state index in [1.54, 1.807) is 0 Å². The maximum atomic E-state index is 5.64. The molecule has 0 aromatic heterocycles. The highest BCUT2D eigenvalue weighted by atomic mass is 15.1. The quantitative estimate of drug-likeness (QED) is 0.441. The molecule has 0 radical (unpaired) electrons. The molecule has 0 saturated heterocycles. The summed E-state index contributed by atoms with van der Waals surface area (Å²) in [5.74, 6) is 0. The summed E-state index contributed by atoms with van der Waals surface area (Å²) in [5, 5.41) is 0. The third-order valence-electron chi connectivity index (χ3n) is 3.81. The Bertz CT molecular complexity index is 153. The highest BCUT2D eigenvalue weighted by Crippen LogP contribution is 2.10. The first-order chi connectivity index (χ1) is 9.35. The molecule has 0 amide bonds. The average molecular weight is 271 g/mol. The lowest BCUT2D eigenvalue weighted by molar-refractivity contribution is 0.274. The molecule has 116 valence electrons. The molecule has 2 N–H and O–H groups in total. The Morgan fingerprint density at radius 2 is 1.11 bits per heavy atom. The average Bonchev–Trinajstić information content (AvgIpc) is 2.41. The van der Waals surface area contributed by atoms with E-state index in [0.717, 1.165) is 13.1 Å². The van der Waals surface area contributed by atoms with E-state index in [1.165, 1.54) is 83.7 Å². The van der Waals surface area contributed by atoms with Crippen LogP contribution in [0, 0.1) is 0 Å². The number of nitrogens with two attached hydrogens (primary N) is 1. The minimum absolute atomic E-state index is 0.803. The van der Waals surface area contributed by atoms with E-state index < -0.39 is 0 Å². The summed E-state index contributed by atoms with van der Waals surface area (Å²) in [6.07, 6.45) is 15.5. The second kappa shape index (κ2) is 16.0. The molecular formula is C17H38N2. The van der Waals surface area contributed by atoms with Gasteiger partial charge in [-0.15, -0.1) is 0 Å². The molecule has 0 saturated carbocycles. The maximum Gasteiger partial charge on any atom is 0.0105 e. The first-order valence-electron chi connectivity index (χ1n) is 8.77. The number of hydrogen-bond acceptors (Lipinski definition) is 2. The van der Waals surface area contributed by atoms with Crippen LogP contribution in [0.25, 0.3) is 0 Å².